The minimum absolute atomic E-state index is 0.111. The van der Waals surface area contributed by atoms with Crippen molar-refractivity contribution in [3.05, 3.63) is 53.7 Å². The van der Waals surface area contributed by atoms with Crippen molar-refractivity contribution in [1.29, 1.82) is 0 Å². The summed E-state index contributed by atoms with van der Waals surface area (Å²) in [5, 5.41) is 2.74. The fourth-order valence-corrected chi connectivity index (χ4v) is 3.77. The van der Waals surface area contributed by atoms with E-state index in [2.05, 4.69) is 10.3 Å². The number of pyridine rings is 1. The Bertz CT molecular complexity index is 947. The topological polar surface area (TPSA) is 68.8 Å². The number of carbonyl (C=O) groups excluding carboxylic acids is 2. The first-order valence-corrected chi connectivity index (χ1v) is 10.1. The highest BCUT2D eigenvalue weighted by molar-refractivity contribution is 5.97. The number of hydrogen-bond acceptors (Lipinski definition) is 4. The zero-order valence-electron chi connectivity index (χ0n) is 16.7. The van der Waals surface area contributed by atoms with Crippen molar-refractivity contribution in [3.8, 4) is 0 Å². The third kappa shape index (κ3) is 4.57. The highest BCUT2D eigenvalue weighted by Gasteiger charge is 2.31. The van der Waals surface area contributed by atoms with Gasteiger partial charge in [-0.25, -0.2) is 9.78 Å². The maximum atomic E-state index is 12.9. The summed E-state index contributed by atoms with van der Waals surface area (Å²) in [4.78, 5) is 33.9. The van der Waals surface area contributed by atoms with Crippen molar-refractivity contribution in [2.45, 2.75) is 12.6 Å². The molecule has 4 rings (SSSR count). The number of carbonyl (C=O) groups is 2. The minimum Gasteiger partial charge on any atom is -0.355 e. The summed E-state index contributed by atoms with van der Waals surface area (Å²) in [6, 6.07) is 9.19. The van der Waals surface area contributed by atoms with Gasteiger partial charge in [0.05, 0.1) is 5.56 Å². The number of halogens is 3. The standard InChI is InChI=1S/C21H22F3N5O2/c22-21(23,24)16-4-7-18(26-14-16)27-9-1-10-28(13-12-27)19(30)15-2-5-17(6-3-15)29-11-8-25-20(29)31/h2-7,14H,1,8-13H2,(H,25,31). The molecule has 7 nitrogen and oxygen atoms in total. The molecule has 10 heteroatoms. The normalized spacial score (nSPS) is 17.5. The van der Waals surface area contributed by atoms with E-state index in [0.29, 0.717) is 57.1 Å². The van der Waals surface area contributed by atoms with Gasteiger partial charge in [-0.05, 0) is 42.8 Å². The van der Waals surface area contributed by atoms with E-state index in [9.17, 15) is 22.8 Å². The molecule has 164 valence electrons. The van der Waals surface area contributed by atoms with Gasteiger partial charge in [0.2, 0.25) is 0 Å². The lowest BCUT2D eigenvalue weighted by Crippen LogP contribution is -2.35. The Hall–Kier alpha value is -3.30. The van der Waals surface area contributed by atoms with Crippen molar-refractivity contribution < 1.29 is 22.8 Å². The molecule has 0 radical (unpaired) electrons. The highest BCUT2D eigenvalue weighted by Crippen LogP contribution is 2.29. The highest BCUT2D eigenvalue weighted by atomic mass is 19.4. The second kappa shape index (κ2) is 8.44. The number of nitrogens with zero attached hydrogens (tertiary/aromatic N) is 4. The average molecular weight is 433 g/mol. The largest absolute Gasteiger partial charge is 0.417 e. The quantitative estimate of drug-likeness (QED) is 0.808. The lowest BCUT2D eigenvalue weighted by Gasteiger charge is -2.23. The molecule has 2 saturated heterocycles. The molecule has 2 aliphatic rings. The van der Waals surface area contributed by atoms with Crippen LogP contribution in [0.2, 0.25) is 0 Å². The molecule has 1 aromatic heterocycles. The van der Waals surface area contributed by atoms with Gasteiger partial charge < -0.3 is 15.1 Å². The van der Waals surface area contributed by atoms with Gasteiger partial charge in [-0.2, -0.15) is 13.2 Å². The molecule has 31 heavy (non-hydrogen) atoms. The van der Waals surface area contributed by atoms with Crippen molar-refractivity contribution >= 4 is 23.4 Å². The van der Waals surface area contributed by atoms with Gasteiger partial charge in [0, 0.05) is 56.7 Å². The van der Waals surface area contributed by atoms with Crippen LogP contribution in [0.1, 0.15) is 22.3 Å². The average Bonchev–Trinajstić information content (AvgIpc) is 3.04. The molecule has 0 bridgehead atoms. The molecule has 0 saturated carbocycles. The lowest BCUT2D eigenvalue weighted by molar-refractivity contribution is -0.137. The van der Waals surface area contributed by atoms with Crippen LogP contribution < -0.4 is 15.1 Å². The number of urea groups is 1. The van der Waals surface area contributed by atoms with Gasteiger partial charge in [0.15, 0.2) is 0 Å². The van der Waals surface area contributed by atoms with E-state index in [1.54, 1.807) is 34.1 Å². The van der Waals surface area contributed by atoms with Crippen LogP contribution in [0.3, 0.4) is 0 Å². The number of nitrogens with one attached hydrogen (secondary N) is 1. The molecule has 2 fully saturated rings. The molecule has 1 N–H and O–H groups in total. The lowest BCUT2D eigenvalue weighted by atomic mass is 10.1. The molecule has 3 heterocycles. The van der Waals surface area contributed by atoms with Gasteiger partial charge in [0.1, 0.15) is 5.82 Å². The fourth-order valence-electron chi connectivity index (χ4n) is 3.77. The Morgan fingerprint density at radius 3 is 2.35 bits per heavy atom. The molecular weight excluding hydrogens is 411 g/mol. The first kappa shape index (κ1) is 21.0. The van der Waals surface area contributed by atoms with Gasteiger partial charge in [-0.15, -0.1) is 0 Å². The Labute approximate surface area is 177 Å². The second-order valence-electron chi connectivity index (χ2n) is 7.47. The number of rotatable bonds is 3. The first-order valence-electron chi connectivity index (χ1n) is 10.1. The third-order valence-corrected chi connectivity index (χ3v) is 5.47. The van der Waals surface area contributed by atoms with Gasteiger partial charge in [0.25, 0.3) is 5.91 Å². The molecule has 0 spiro atoms. The molecule has 3 amide bonds. The Morgan fingerprint density at radius 2 is 1.74 bits per heavy atom. The Kier molecular flexibility index (Phi) is 5.71. The number of aromatic nitrogens is 1. The number of amides is 3. The molecule has 0 atom stereocenters. The molecular formula is C21H22F3N5O2. The summed E-state index contributed by atoms with van der Waals surface area (Å²) >= 11 is 0. The van der Waals surface area contributed by atoms with E-state index in [0.717, 1.165) is 18.0 Å². The number of alkyl halides is 3. The Balaban J connectivity index is 1.39. The van der Waals surface area contributed by atoms with Crippen molar-refractivity contribution in [1.82, 2.24) is 15.2 Å². The van der Waals surface area contributed by atoms with E-state index >= 15 is 0 Å². The SMILES string of the molecule is O=C(c1ccc(N2CCNC2=O)cc1)N1CCCN(c2ccc(C(F)(F)F)cn2)CC1. The fraction of sp³-hybridized carbons (Fsp3) is 0.381. The molecule has 2 aromatic rings. The second-order valence-corrected chi connectivity index (χ2v) is 7.47. The van der Waals surface area contributed by atoms with E-state index in [4.69, 9.17) is 0 Å². The van der Waals surface area contributed by atoms with Crippen molar-refractivity contribution in [3.63, 3.8) is 0 Å². The van der Waals surface area contributed by atoms with E-state index in [-0.39, 0.29) is 11.9 Å². The predicted molar refractivity (Wildman–Crippen MR) is 109 cm³/mol. The van der Waals surface area contributed by atoms with Crippen molar-refractivity contribution in [2.24, 2.45) is 0 Å². The summed E-state index contributed by atoms with van der Waals surface area (Å²) in [5.74, 6) is 0.357. The number of anilines is 2. The maximum absolute atomic E-state index is 12.9. The van der Waals surface area contributed by atoms with Gasteiger partial charge in [-0.3, -0.25) is 9.69 Å². The van der Waals surface area contributed by atoms with Crippen LogP contribution in [0.15, 0.2) is 42.6 Å². The summed E-state index contributed by atoms with van der Waals surface area (Å²) in [6.07, 6.45) is -2.90. The molecule has 0 unspecified atom stereocenters. The molecule has 1 aromatic carbocycles. The van der Waals surface area contributed by atoms with Crippen LogP contribution in [0.25, 0.3) is 0 Å². The van der Waals surface area contributed by atoms with Crippen LogP contribution in [0.4, 0.5) is 29.5 Å². The zero-order valence-corrected chi connectivity index (χ0v) is 16.7. The van der Waals surface area contributed by atoms with Crippen LogP contribution >= 0.6 is 0 Å². The summed E-state index contributed by atoms with van der Waals surface area (Å²) < 4.78 is 38.2. The maximum Gasteiger partial charge on any atom is 0.417 e. The Morgan fingerprint density at radius 1 is 0.968 bits per heavy atom. The minimum atomic E-state index is -4.42. The number of hydrogen-bond donors (Lipinski definition) is 1. The van der Waals surface area contributed by atoms with Crippen LogP contribution in [0, 0.1) is 0 Å². The summed E-state index contributed by atoms with van der Waals surface area (Å²) in [5.41, 5.74) is 0.490. The summed E-state index contributed by atoms with van der Waals surface area (Å²) in [7, 11) is 0. The van der Waals surface area contributed by atoms with Gasteiger partial charge >= 0.3 is 12.2 Å². The smallest absolute Gasteiger partial charge is 0.355 e. The molecule has 0 aliphatic carbocycles. The van der Waals surface area contributed by atoms with E-state index in [1.807, 2.05) is 4.90 Å². The van der Waals surface area contributed by atoms with Gasteiger partial charge in [-0.1, -0.05) is 0 Å². The van der Waals surface area contributed by atoms with E-state index in [1.165, 1.54) is 6.07 Å². The molecule has 2 aliphatic heterocycles. The van der Waals surface area contributed by atoms with Crippen molar-refractivity contribution in [2.75, 3.05) is 49.1 Å². The van der Waals surface area contributed by atoms with Crippen LogP contribution in [-0.2, 0) is 6.18 Å². The summed E-state index contributed by atoms with van der Waals surface area (Å²) in [6.45, 7) is 3.26. The first-order chi connectivity index (χ1) is 14.8. The number of benzene rings is 1. The van der Waals surface area contributed by atoms with Crippen LogP contribution in [-0.4, -0.2) is 61.1 Å². The third-order valence-electron chi connectivity index (χ3n) is 5.47. The van der Waals surface area contributed by atoms with E-state index < -0.39 is 11.7 Å². The zero-order chi connectivity index (χ0) is 22.0. The monoisotopic (exact) mass is 433 g/mol. The predicted octanol–water partition coefficient (Wildman–Crippen LogP) is 2.98. The van der Waals surface area contributed by atoms with Crippen LogP contribution in [0.5, 0.6) is 0 Å².